The van der Waals surface area contributed by atoms with Crippen LogP contribution in [0.3, 0.4) is 0 Å². The minimum absolute atomic E-state index is 0.230. The first kappa shape index (κ1) is 15.5. The number of rotatable bonds is 6. The smallest absolute Gasteiger partial charge is 0.328 e. The highest BCUT2D eigenvalue weighted by atomic mass is 16.5. The molecular weight excluding hydrogens is 264 g/mol. The minimum atomic E-state index is -1.39. The van der Waals surface area contributed by atoms with Crippen LogP contribution in [0.15, 0.2) is 24.3 Å². The van der Waals surface area contributed by atoms with E-state index in [0.29, 0.717) is 0 Å². The Kier molecular flexibility index (Phi) is 5.50. The van der Waals surface area contributed by atoms with Crippen LogP contribution in [-0.2, 0) is 9.59 Å². The van der Waals surface area contributed by atoms with Crippen molar-refractivity contribution in [3.63, 3.8) is 0 Å². The van der Waals surface area contributed by atoms with Crippen molar-refractivity contribution < 1.29 is 24.5 Å². The number of benzene rings is 1. The Morgan fingerprint density at radius 1 is 1.45 bits per heavy atom. The van der Waals surface area contributed by atoms with Gasteiger partial charge in [0.1, 0.15) is 17.9 Å². The lowest BCUT2D eigenvalue weighted by molar-refractivity contribution is -0.144. The highest BCUT2D eigenvalue weighted by Crippen LogP contribution is 2.18. The van der Waals surface area contributed by atoms with Gasteiger partial charge < -0.3 is 20.3 Å². The van der Waals surface area contributed by atoms with Gasteiger partial charge in [0, 0.05) is 0 Å². The molecule has 0 aromatic heterocycles. The van der Waals surface area contributed by atoms with Crippen molar-refractivity contribution in [3.05, 3.63) is 29.8 Å². The molecule has 0 aliphatic rings. The van der Waals surface area contributed by atoms with Crippen molar-refractivity contribution >= 4 is 11.9 Å². The number of para-hydroxylation sites is 1. The van der Waals surface area contributed by atoms with E-state index in [1.54, 1.807) is 12.1 Å². The van der Waals surface area contributed by atoms with Crippen LogP contribution >= 0.6 is 0 Å². The molecule has 7 nitrogen and oxygen atoms in total. The third-order valence-corrected chi connectivity index (χ3v) is 2.48. The van der Waals surface area contributed by atoms with E-state index < -0.39 is 30.6 Å². The zero-order valence-corrected chi connectivity index (χ0v) is 10.7. The van der Waals surface area contributed by atoms with Crippen molar-refractivity contribution in [3.8, 4) is 11.8 Å². The molecule has 2 unspecified atom stereocenters. The van der Waals surface area contributed by atoms with Crippen LogP contribution in [0.4, 0.5) is 0 Å². The van der Waals surface area contributed by atoms with Crippen LogP contribution in [0.5, 0.6) is 5.75 Å². The number of hydrogen-bond acceptors (Lipinski definition) is 5. The molecule has 2 atom stereocenters. The van der Waals surface area contributed by atoms with Gasteiger partial charge in [-0.15, -0.1) is 0 Å². The number of carboxylic acid groups (broad SMARTS) is 1. The maximum absolute atomic E-state index is 11.7. The van der Waals surface area contributed by atoms with Crippen LogP contribution < -0.4 is 10.1 Å². The maximum atomic E-state index is 11.7. The number of amides is 1. The van der Waals surface area contributed by atoms with Gasteiger partial charge in [-0.3, -0.25) is 4.79 Å². The number of carbonyl (C=O) groups excluding carboxylic acids is 1. The predicted molar refractivity (Wildman–Crippen MR) is 67.9 cm³/mol. The molecule has 1 amide bonds. The topological polar surface area (TPSA) is 120 Å². The lowest BCUT2D eigenvalue weighted by Gasteiger charge is -2.18. The van der Waals surface area contributed by atoms with Gasteiger partial charge >= 0.3 is 5.97 Å². The molecule has 0 bridgehead atoms. The number of aliphatic hydroxyl groups excluding tert-OH is 1. The molecule has 0 heterocycles. The van der Waals surface area contributed by atoms with Crippen molar-refractivity contribution in [2.75, 3.05) is 6.61 Å². The zero-order chi connectivity index (χ0) is 15.1. The van der Waals surface area contributed by atoms with Crippen LogP contribution in [0.2, 0.25) is 0 Å². The van der Waals surface area contributed by atoms with Crippen LogP contribution in [-0.4, -0.2) is 40.8 Å². The summed E-state index contributed by atoms with van der Waals surface area (Å²) in [6.45, 7) is 0.697. The quantitative estimate of drug-likeness (QED) is 0.667. The Morgan fingerprint density at radius 2 is 2.10 bits per heavy atom. The third kappa shape index (κ3) is 3.96. The number of carboxylic acids is 1. The number of nitriles is 1. The fraction of sp³-hybridized carbons (Fsp3) is 0.308. The molecule has 0 radical (unpaired) electrons. The third-order valence-electron chi connectivity index (χ3n) is 2.48. The molecule has 0 aliphatic heterocycles. The highest BCUT2D eigenvalue weighted by Gasteiger charge is 2.23. The minimum Gasteiger partial charge on any atom is -0.480 e. The molecule has 0 saturated heterocycles. The molecule has 0 saturated carbocycles. The maximum Gasteiger partial charge on any atom is 0.328 e. The Morgan fingerprint density at radius 3 is 2.65 bits per heavy atom. The normalized spacial score (nSPS) is 12.8. The van der Waals surface area contributed by atoms with Gasteiger partial charge in [-0.05, 0) is 19.1 Å². The van der Waals surface area contributed by atoms with Gasteiger partial charge in [0.25, 0.3) is 5.91 Å². The molecule has 1 aromatic carbocycles. The summed E-state index contributed by atoms with van der Waals surface area (Å²) in [5.74, 6) is -1.81. The number of nitrogens with zero attached hydrogens (tertiary/aromatic N) is 1. The summed E-state index contributed by atoms with van der Waals surface area (Å²) >= 11 is 0. The van der Waals surface area contributed by atoms with Crippen LogP contribution in [0.1, 0.15) is 12.5 Å². The second-order valence-electron chi connectivity index (χ2n) is 3.95. The first-order chi connectivity index (χ1) is 9.49. The summed E-state index contributed by atoms with van der Waals surface area (Å²) in [4.78, 5) is 22.4. The molecule has 0 spiro atoms. The second-order valence-corrected chi connectivity index (χ2v) is 3.95. The summed E-state index contributed by atoms with van der Waals surface area (Å²) in [7, 11) is 0. The first-order valence-corrected chi connectivity index (χ1v) is 5.79. The van der Waals surface area contributed by atoms with E-state index in [2.05, 4.69) is 5.32 Å². The van der Waals surface area contributed by atoms with Crippen molar-refractivity contribution in [1.29, 1.82) is 5.26 Å². The molecular formula is C13H14N2O5. The van der Waals surface area contributed by atoms with Crippen molar-refractivity contribution in [2.45, 2.75) is 19.1 Å². The fourth-order valence-electron chi connectivity index (χ4n) is 1.38. The molecule has 0 aliphatic carbocycles. The lowest BCUT2D eigenvalue weighted by atomic mass is 10.2. The van der Waals surface area contributed by atoms with Gasteiger partial charge in [0.2, 0.25) is 0 Å². The van der Waals surface area contributed by atoms with Crippen LogP contribution in [0, 0.1) is 11.3 Å². The van der Waals surface area contributed by atoms with Gasteiger partial charge in [-0.2, -0.15) is 5.26 Å². The average Bonchev–Trinajstić information content (AvgIpc) is 2.44. The molecule has 106 valence electrons. The molecule has 20 heavy (non-hydrogen) atoms. The van der Waals surface area contributed by atoms with Gasteiger partial charge in [-0.1, -0.05) is 12.1 Å². The van der Waals surface area contributed by atoms with Crippen molar-refractivity contribution in [1.82, 2.24) is 5.32 Å². The first-order valence-electron chi connectivity index (χ1n) is 5.79. The van der Waals surface area contributed by atoms with Gasteiger partial charge in [0.15, 0.2) is 6.10 Å². The number of hydrogen-bond donors (Lipinski definition) is 3. The largest absolute Gasteiger partial charge is 0.480 e. The Bertz CT molecular complexity index is 538. The second kappa shape index (κ2) is 7.11. The fourth-order valence-corrected chi connectivity index (χ4v) is 1.38. The van der Waals surface area contributed by atoms with Crippen LogP contribution in [0.25, 0.3) is 0 Å². The summed E-state index contributed by atoms with van der Waals surface area (Å²) in [5.41, 5.74) is 0.268. The predicted octanol–water partition coefficient (Wildman–Crippen LogP) is -0.113. The van der Waals surface area contributed by atoms with E-state index in [1.807, 2.05) is 6.07 Å². The van der Waals surface area contributed by atoms with E-state index in [9.17, 15) is 9.59 Å². The molecule has 3 N–H and O–H groups in total. The van der Waals surface area contributed by atoms with Gasteiger partial charge in [-0.25, -0.2) is 4.79 Å². The number of aliphatic hydroxyl groups is 1. The SMILES string of the molecule is CC(Oc1ccccc1C#N)C(=O)NC(CO)C(=O)O. The summed E-state index contributed by atoms with van der Waals surface area (Å²) in [6, 6.07) is 6.90. The molecule has 7 heteroatoms. The number of ether oxygens (including phenoxy) is 1. The molecule has 1 aromatic rings. The number of nitrogens with one attached hydrogen (secondary N) is 1. The summed E-state index contributed by atoms with van der Waals surface area (Å²) in [6.07, 6.45) is -1.00. The van der Waals surface area contributed by atoms with Gasteiger partial charge in [0.05, 0.1) is 12.2 Å². The summed E-state index contributed by atoms with van der Waals surface area (Å²) in [5, 5.41) is 28.5. The summed E-state index contributed by atoms with van der Waals surface area (Å²) < 4.78 is 5.31. The van der Waals surface area contributed by atoms with E-state index >= 15 is 0 Å². The van der Waals surface area contributed by atoms with E-state index in [1.165, 1.54) is 19.1 Å². The Labute approximate surface area is 115 Å². The lowest BCUT2D eigenvalue weighted by Crippen LogP contribution is -2.48. The number of carbonyl (C=O) groups is 2. The molecule has 0 fully saturated rings. The highest BCUT2D eigenvalue weighted by molar-refractivity contribution is 5.86. The zero-order valence-electron chi connectivity index (χ0n) is 10.7. The monoisotopic (exact) mass is 278 g/mol. The molecule has 1 rings (SSSR count). The standard InChI is InChI=1S/C13H14N2O5/c1-8(12(17)15-10(7-16)13(18)19)20-11-5-3-2-4-9(11)6-14/h2-5,8,10,16H,7H2,1H3,(H,15,17)(H,18,19). The van der Waals surface area contributed by atoms with Crippen molar-refractivity contribution in [2.24, 2.45) is 0 Å². The van der Waals surface area contributed by atoms with E-state index in [-0.39, 0.29) is 11.3 Å². The van der Waals surface area contributed by atoms with E-state index in [0.717, 1.165) is 0 Å². The Hall–Kier alpha value is -2.59. The van der Waals surface area contributed by atoms with E-state index in [4.69, 9.17) is 20.2 Å². The number of aliphatic carboxylic acids is 1. The Balaban J connectivity index is 2.71. The average molecular weight is 278 g/mol.